The van der Waals surface area contributed by atoms with Crippen LogP contribution in [0.5, 0.6) is 0 Å². The number of carbonyl (C=O) groups is 1. The number of esters is 1. The van der Waals surface area contributed by atoms with Crippen LogP contribution in [0.25, 0.3) is 0 Å². The third kappa shape index (κ3) is 8.81. The first-order chi connectivity index (χ1) is 12.5. The van der Waals surface area contributed by atoms with Crippen molar-refractivity contribution in [3.8, 4) is 0 Å². The Balaban J connectivity index is 2.69. The van der Waals surface area contributed by atoms with Gasteiger partial charge in [-0.3, -0.25) is 0 Å². The third-order valence-corrected chi connectivity index (χ3v) is 9.27. The van der Waals surface area contributed by atoms with Crippen molar-refractivity contribution in [3.63, 3.8) is 0 Å². The van der Waals surface area contributed by atoms with E-state index >= 15 is 0 Å². The summed E-state index contributed by atoms with van der Waals surface area (Å²) in [7, 11) is -1.83. The fraction of sp³-hybridized carbons (Fsp3) is 0.591. The minimum absolute atomic E-state index is 0.287. The average Bonchev–Trinajstić information content (AvgIpc) is 2.66. The average molecular weight is 377 g/mol. The van der Waals surface area contributed by atoms with Crippen molar-refractivity contribution in [2.75, 3.05) is 6.61 Å². The fourth-order valence-corrected chi connectivity index (χ4v) is 7.52. The van der Waals surface area contributed by atoms with Crippen LogP contribution in [0.3, 0.4) is 0 Å². The van der Waals surface area contributed by atoms with Gasteiger partial charge in [-0.1, -0.05) is 76.4 Å². The van der Waals surface area contributed by atoms with E-state index in [4.69, 9.17) is 9.16 Å². The van der Waals surface area contributed by atoms with Crippen LogP contribution in [0, 0.1) is 0 Å². The van der Waals surface area contributed by atoms with Crippen LogP contribution in [0.4, 0.5) is 0 Å². The third-order valence-electron chi connectivity index (χ3n) is 4.72. The van der Waals surface area contributed by atoms with Crippen LogP contribution < -0.4 is 0 Å². The second-order valence-corrected chi connectivity index (χ2v) is 11.3. The Bertz CT molecular complexity index is 519. The summed E-state index contributed by atoms with van der Waals surface area (Å²) in [5, 5.41) is 0. The molecule has 0 N–H and O–H groups in total. The minimum atomic E-state index is -1.83. The lowest BCUT2D eigenvalue weighted by molar-refractivity contribution is -0.138. The van der Waals surface area contributed by atoms with E-state index in [-0.39, 0.29) is 5.97 Å². The van der Waals surface area contributed by atoms with E-state index < -0.39 is 8.32 Å². The van der Waals surface area contributed by atoms with Gasteiger partial charge in [0.25, 0.3) is 0 Å². The van der Waals surface area contributed by atoms with Gasteiger partial charge < -0.3 is 9.16 Å². The van der Waals surface area contributed by atoms with E-state index in [0.29, 0.717) is 18.8 Å². The van der Waals surface area contributed by atoms with Gasteiger partial charge in [0.05, 0.1) is 13.2 Å². The van der Waals surface area contributed by atoms with E-state index in [0.717, 1.165) is 12.5 Å². The fourth-order valence-electron chi connectivity index (χ4n) is 3.08. The Labute approximate surface area is 160 Å². The zero-order valence-corrected chi connectivity index (χ0v) is 17.9. The van der Waals surface area contributed by atoms with Crippen LogP contribution in [-0.4, -0.2) is 20.9 Å². The summed E-state index contributed by atoms with van der Waals surface area (Å²) in [6.45, 7) is 11.0. The van der Waals surface area contributed by atoms with Crippen molar-refractivity contribution in [1.29, 1.82) is 0 Å². The molecule has 0 fully saturated rings. The number of hydrogen-bond acceptors (Lipinski definition) is 3. The van der Waals surface area contributed by atoms with Crippen molar-refractivity contribution < 1.29 is 14.0 Å². The number of hydrogen-bond donors (Lipinski definition) is 0. The molecule has 1 rings (SSSR count). The van der Waals surface area contributed by atoms with Crippen LogP contribution in [-0.2, 0) is 20.6 Å². The normalized spacial score (nSPS) is 11.3. The van der Waals surface area contributed by atoms with Crippen molar-refractivity contribution in [2.45, 2.75) is 77.6 Å². The Morgan fingerprint density at radius 3 is 2.12 bits per heavy atom. The predicted molar refractivity (Wildman–Crippen MR) is 112 cm³/mol. The highest BCUT2D eigenvalue weighted by atomic mass is 28.4. The summed E-state index contributed by atoms with van der Waals surface area (Å²) in [5.41, 5.74) is 1.71. The second kappa shape index (κ2) is 12.9. The maximum absolute atomic E-state index is 11.6. The molecule has 0 spiro atoms. The molecule has 0 saturated carbocycles. The van der Waals surface area contributed by atoms with Gasteiger partial charge in [0.15, 0.2) is 8.32 Å². The summed E-state index contributed by atoms with van der Waals surface area (Å²) in [5.74, 6) is -0.287. The summed E-state index contributed by atoms with van der Waals surface area (Å²) in [4.78, 5) is 11.6. The van der Waals surface area contributed by atoms with Gasteiger partial charge >= 0.3 is 5.97 Å². The summed E-state index contributed by atoms with van der Waals surface area (Å²) in [6, 6.07) is 13.9. The van der Waals surface area contributed by atoms with Gasteiger partial charge in [-0.05, 0) is 37.0 Å². The van der Waals surface area contributed by atoms with Crippen molar-refractivity contribution in [1.82, 2.24) is 0 Å². The Morgan fingerprint density at radius 2 is 1.58 bits per heavy atom. The zero-order valence-electron chi connectivity index (χ0n) is 16.9. The highest BCUT2D eigenvalue weighted by Crippen LogP contribution is 2.30. The lowest BCUT2D eigenvalue weighted by Gasteiger charge is -2.32. The van der Waals surface area contributed by atoms with E-state index in [1.807, 2.05) is 6.07 Å². The molecule has 0 aliphatic heterocycles. The maximum Gasteiger partial charge on any atom is 0.333 e. The monoisotopic (exact) mass is 376 g/mol. The molecule has 0 radical (unpaired) electrons. The topological polar surface area (TPSA) is 35.5 Å². The number of unbranched alkanes of at least 4 members (excludes halogenated alkanes) is 2. The maximum atomic E-state index is 11.6. The van der Waals surface area contributed by atoms with Gasteiger partial charge in [0.2, 0.25) is 0 Å². The van der Waals surface area contributed by atoms with Crippen LogP contribution in [0.1, 0.15) is 58.4 Å². The molecule has 0 aromatic heterocycles. The van der Waals surface area contributed by atoms with Crippen LogP contribution in [0.15, 0.2) is 42.5 Å². The number of rotatable bonds is 14. The summed E-state index contributed by atoms with van der Waals surface area (Å²) >= 11 is 0. The molecule has 1 aromatic carbocycles. The largest absolute Gasteiger partial charge is 0.462 e. The molecular weight excluding hydrogens is 340 g/mol. The van der Waals surface area contributed by atoms with Crippen LogP contribution in [0.2, 0.25) is 18.1 Å². The Hall–Kier alpha value is -1.39. The summed E-state index contributed by atoms with van der Waals surface area (Å²) in [6.07, 6.45) is 5.71. The molecule has 0 bridgehead atoms. The van der Waals surface area contributed by atoms with Crippen molar-refractivity contribution >= 4 is 14.3 Å². The lowest BCUT2D eigenvalue weighted by Crippen LogP contribution is -2.38. The summed E-state index contributed by atoms with van der Waals surface area (Å²) < 4.78 is 12.0. The van der Waals surface area contributed by atoms with E-state index in [1.165, 1.54) is 43.3 Å². The van der Waals surface area contributed by atoms with E-state index in [2.05, 4.69) is 44.7 Å². The number of carbonyl (C=O) groups excluding carboxylic acids is 1. The van der Waals surface area contributed by atoms with Gasteiger partial charge in [-0.25, -0.2) is 4.79 Å². The molecule has 3 nitrogen and oxygen atoms in total. The first kappa shape index (κ1) is 22.6. The predicted octanol–water partition coefficient (Wildman–Crippen LogP) is 6.26. The quantitative estimate of drug-likeness (QED) is 0.166. The zero-order chi connectivity index (χ0) is 19.3. The smallest absolute Gasteiger partial charge is 0.333 e. The van der Waals surface area contributed by atoms with Gasteiger partial charge in [0, 0.05) is 5.57 Å². The Morgan fingerprint density at radius 1 is 1.00 bits per heavy atom. The minimum Gasteiger partial charge on any atom is -0.462 e. The molecule has 0 amide bonds. The number of ether oxygens (including phenoxy) is 1. The molecule has 0 heterocycles. The second-order valence-electron chi connectivity index (χ2n) is 7.18. The molecular formula is C22H36O3Si. The molecule has 0 saturated heterocycles. The molecule has 1 aromatic rings. The highest BCUT2D eigenvalue weighted by Gasteiger charge is 2.33. The van der Waals surface area contributed by atoms with Gasteiger partial charge in [-0.2, -0.15) is 0 Å². The molecule has 4 heteroatoms. The molecule has 0 aliphatic rings. The molecule has 0 unspecified atom stereocenters. The van der Waals surface area contributed by atoms with Gasteiger partial charge in [-0.15, -0.1) is 0 Å². The van der Waals surface area contributed by atoms with Gasteiger partial charge in [0.1, 0.15) is 0 Å². The molecule has 26 heavy (non-hydrogen) atoms. The van der Waals surface area contributed by atoms with E-state index in [1.54, 1.807) is 6.92 Å². The van der Waals surface area contributed by atoms with Crippen LogP contribution >= 0.6 is 0 Å². The van der Waals surface area contributed by atoms with Crippen molar-refractivity contribution in [3.05, 3.63) is 48.0 Å². The van der Waals surface area contributed by atoms with E-state index in [9.17, 15) is 4.79 Å². The molecule has 0 atom stereocenters. The lowest BCUT2D eigenvalue weighted by atomic mass is 10.2. The standard InChI is InChI=1S/C22H36O3Si/c1-5-7-16-26(17-8-6-2,18-12-15-24-22(23)20(3)4)25-19-21-13-10-9-11-14-21/h9-11,13-14H,3,5-8,12,15-19H2,1-2,4H3. The first-order valence-electron chi connectivity index (χ1n) is 10.0. The number of benzene rings is 1. The Kier molecular flexibility index (Phi) is 11.2. The highest BCUT2D eigenvalue weighted by molar-refractivity contribution is 6.73. The first-order valence-corrected chi connectivity index (χ1v) is 12.6. The molecule has 0 aliphatic carbocycles. The molecule has 146 valence electrons. The SMILES string of the molecule is C=C(C)C(=O)OCCC[Si](CCCC)(CCCC)OCc1ccccc1. The van der Waals surface area contributed by atoms with Crippen molar-refractivity contribution in [2.24, 2.45) is 0 Å².